The second kappa shape index (κ2) is 7.68. The highest BCUT2D eigenvalue weighted by atomic mass is 32.1. The molecule has 0 radical (unpaired) electrons. The minimum atomic E-state index is -0.0637. The molecule has 2 aliphatic rings. The van der Waals surface area contributed by atoms with Gasteiger partial charge in [0.2, 0.25) is 5.91 Å². The van der Waals surface area contributed by atoms with E-state index in [0.29, 0.717) is 12.3 Å². The molecule has 0 spiro atoms. The number of nitrogens with one attached hydrogen (secondary N) is 1. The summed E-state index contributed by atoms with van der Waals surface area (Å²) in [7, 11) is 0. The van der Waals surface area contributed by atoms with E-state index in [1.807, 2.05) is 22.2 Å². The first-order chi connectivity index (χ1) is 12.3. The normalized spacial score (nSPS) is 24.0. The van der Waals surface area contributed by atoms with Gasteiger partial charge in [-0.3, -0.25) is 9.20 Å². The number of aromatic nitrogens is 2. The highest BCUT2D eigenvalue weighted by Crippen LogP contribution is 2.36. The van der Waals surface area contributed by atoms with Gasteiger partial charge in [0.1, 0.15) is 0 Å². The molecule has 2 aliphatic carbocycles. The summed E-state index contributed by atoms with van der Waals surface area (Å²) in [5.41, 5.74) is 4.85. The van der Waals surface area contributed by atoms with E-state index in [1.54, 1.807) is 11.3 Å². The van der Waals surface area contributed by atoms with E-state index in [1.165, 1.54) is 57.1 Å². The minimum Gasteiger partial charge on any atom is -0.297 e. The number of nitrogens with zero attached hydrogens (tertiary/aromatic N) is 3. The number of hydrogen-bond acceptors (Lipinski definition) is 4. The zero-order chi connectivity index (χ0) is 17.1. The molecule has 5 nitrogen and oxygen atoms in total. The predicted octanol–water partition coefficient (Wildman–Crippen LogP) is 4.18. The van der Waals surface area contributed by atoms with Gasteiger partial charge < -0.3 is 0 Å². The van der Waals surface area contributed by atoms with Gasteiger partial charge in [0, 0.05) is 29.4 Å². The van der Waals surface area contributed by atoms with Crippen molar-refractivity contribution in [3.63, 3.8) is 0 Å². The minimum absolute atomic E-state index is 0.0637. The molecule has 6 heteroatoms. The Kier molecular flexibility index (Phi) is 5.15. The number of rotatable bonds is 4. The average molecular weight is 359 g/mol. The lowest BCUT2D eigenvalue weighted by Crippen LogP contribution is -2.31. The van der Waals surface area contributed by atoms with Crippen molar-refractivity contribution in [1.82, 2.24) is 14.8 Å². The van der Waals surface area contributed by atoms with Gasteiger partial charge in [-0.05, 0) is 38.0 Å². The number of thiazole rings is 1. The molecule has 0 bridgehead atoms. The molecule has 1 N–H and O–H groups in total. The molecule has 0 aliphatic heterocycles. The van der Waals surface area contributed by atoms with Crippen LogP contribution in [-0.4, -0.2) is 21.0 Å². The number of fused-ring (bicyclic) bond motifs is 1. The van der Waals surface area contributed by atoms with Gasteiger partial charge in [0.05, 0.1) is 12.1 Å². The van der Waals surface area contributed by atoms with Crippen LogP contribution in [0.2, 0.25) is 0 Å². The summed E-state index contributed by atoms with van der Waals surface area (Å²) in [6.45, 7) is 0. The molecular weight excluding hydrogens is 332 g/mol. The largest absolute Gasteiger partial charge is 0.297 e. The van der Waals surface area contributed by atoms with Crippen LogP contribution < -0.4 is 5.43 Å². The first-order valence-corrected chi connectivity index (χ1v) is 10.4. The highest BCUT2D eigenvalue weighted by molar-refractivity contribution is 7.15. The van der Waals surface area contributed by atoms with E-state index in [4.69, 9.17) is 0 Å². The van der Waals surface area contributed by atoms with Crippen LogP contribution in [0.1, 0.15) is 63.5 Å². The lowest BCUT2D eigenvalue weighted by molar-refractivity contribution is -0.120. The molecule has 1 amide bonds. The number of carbonyl (C=O) groups is 1. The second-order valence-electron chi connectivity index (χ2n) is 7.39. The van der Waals surface area contributed by atoms with Crippen molar-refractivity contribution in [3.8, 4) is 0 Å². The third-order valence-corrected chi connectivity index (χ3v) is 6.42. The van der Waals surface area contributed by atoms with Crippen LogP contribution >= 0.6 is 11.3 Å². The van der Waals surface area contributed by atoms with Gasteiger partial charge in [0.15, 0.2) is 4.96 Å². The van der Waals surface area contributed by atoms with Gasteiger partial charge in [-0.15, -0.1) is 11.3 Å². The van der Waals surface area contributed by atoms with E-state index in [9.17, 15) is 4.79 Å². The van der Waals surface area contributed by atoms with Crippen LogP contribution in [0, 0.1) is 11.8 Å². The Balaban J connectivity index is 1.38. The van der Waals surface area contributed by atoms with Gasteiger partial charge in [-0.25, -0.2) is 10.4 Å². The first-order valence-electron chi connectivity index (χ1n) is 9.56. The Hall–Kier alpha value is -1.69. The fraction of sp³-hybridized carbons (Fsp3) is 0.632. The molecule has 4 rings (SSSR count). The van der Waals surface area contributed by atoms with Crippen molar-refractivity contribution in [3.05, 3.63) is 23.5 Å². The third kappa shape index (κ3) is 3.94. The van der Waals surface area contributed by atoms with Crippen molar-refractivity contribution >= 4 is 27.9 Å². The highest BCUT2D eigenvalue weighted by Gasteiger charge is 2.29. The van der Waals surface area contributed by atoms with Gasteiger partial charge >= 0.3 is 0 Å². The summed E-state index contributed by atoms with van der Waals surface area (Å²) in [5, 5.41) is 6.56. The maximum atomic E-state index is 12.3. The zero-order valence-electron chi connectivity index (χ0n) is 14.6. The van der Waals surface area contributed by atoms with Crippen molar-refractivity contribution < 1.29 is 4.79 Å². The number of hydrogen-bond donors (Lipinski definition) is 1. The van der Waals surface area contributed by atoms with Crippen LogP contribution in [-0.2, 0) is 11.2 Å². The molecule has 2 heterocycles. The Morgan fingerprint density at radius 1 is 1.24 bits per heavy atom. The molecule has 1 unspecified atom stereocenters. The van der Waals surface area contributed by atoms with Crippen molar-refractivity contribution in [2.75, 3.05) is 0 Å². The van der Waals surface area contributed by atoms with Crippen LogP contribution in [0.5, 0.6) is 0 Å². The Labute approximate surface area is 152 Å². The van der Waals surface area contributed by atoms with Gasteiger partial charge in [-0.2, -0.15) is 5.10 Å². The number of hydrazone groups is 1. The van der Waals surface area contributed by atoms with Gasteiger partial charge in [0.25, 0.3) is 0 Å². The maximum absolute atomic E-state index is 12.3. The molecule has 25 heavy (non-hydrogen) atoms. The number of imidazole rings is 1. The summed E-state index contributed by atoms with van der Waals surface area (Å²) in [5.74, 6) is 1.31. The maximum Gasteiger partial charge on any atom is 0.246 e. The fourth-order valence-corrected chi connectivity index (χ4v) is 5.12. The lowest BCUT2D eigenvalue weighted by atomic mass is 9.72. The van der Waals surface area contributed by atoms with Crippen molar-refractivity contribution in [2.45, 2.75) is 64.2 Å². The zero-order valence-corrected chi connectivity index (χ0v) is 15.4. The average Bonchev–Trinajstić information content (AvgIpc) is 3.22. The smallest absolute Gasteiger partial charge is 0.246 e. The quantitative estimate of drug-likeness (QED) is 0.834. The van der Waals surface area contributed by atoms with E-state index >= 15 is 0 Å². The number of amides is 1. The SMILES string of the molecule is O=C(Cc1cn2ccsc2n1)NN=C1CCCCC1C1CCCCC1. The lowest BCUT2D eigenvalue weighted by Gasteiger charge is -2.33. The van der Waals surface area contributed by atoms with Crippen LogP contribution in [0.25, 0.3) is 4.96 Å². The topological polar surface area (TPSA) is 58.8 Å². The Morgan fingerprint density at radius 3 is 2.92 bits per heavy atom. The molecular formula is C19H26N4OS. The summed E-state index contributed by atoms with van der Waals surface area (Å²) < 4.78 is 1.96. The first kappa shape index (κ1) is 16.8. The van der Waals surface area contributed by atoms with E-state index < -0.39 is 0 Å². The predicted molar refractivity (Wildman–Crippen MR) is 101 cm³/mol. The molecule has 0 aromatic carbocycles. The summed E-state index contributed by atoms with van der Waals surface area (Å²) in [6.07, 6.45) is 15.7. The van der Waals surface area contributed by atoms with E-state index in [2.05, 4.69) is 15.5 Å². The molecule has 2 fully saturated rings. The molecule has 2 saturated carbocycles. The third-order valence-electron chi connectivity index (χ3n) is 5.65. The molecule has 0 saturated heterocycles. The van der Waals surface area contributed by atoms with E-state index in [-0.39, 0.29) is 5.91 Å². The Morgan fingerprint density at radius 2 is 2.08 bits per heavy atom. The summed E-state index contributed by atoms with van der Waals surface area (Å²) >= 11 is 1.58. The van der Waals surface area contributed by atoms with Crippen LogP contribution in [0.3, 0.4) is 0 Å². The molecule has 2 aromatic heterocycles. The Bertz CT molecular complexity index is 728. The molecule has 2 aromatic rings. The second-order valence-corrected chi connectivity index (χ2v) is 8.26. The van der Waals surface area contributed by atoms with Crippen LogP contribution in [0.15, 0.2) is 22.9 Å². The summed E-state index contributed by atoms with van der Waals surface area (Å²) in [6, 6.07) is 0. The molecule has 1 atom stereocenters. The monoisotopic (exact) mass is 358 g/mol. The van der Waals surface area contributed by atoms with Gasteiger partial charge in [-0.1, -0.05) is 25.7 Å². The van der Waals surface area contributed by atoms with E-state index in [0.717, 1.165) is 23.0 Å². The fourth-order valence-electron chi connectivity index (χ4n) is 4.40. The number of carbonyl (C=O) groups excluding carboxylic acids is 1. The van der Waals surface area contributed by atoms with Crippen molar-refractivity contribution in [2.24, 2.45) is 16.9 Å². The summed E-state index contributed by atoms with van der Waals surface area (Å²) in [4.78, 5) is 17.7. The molecule has 134 valence electrons. The standard InChI is InChI=1S/C19H26N4OS/c24-18(12-15-13-23-10-11-25-19(23)20-15)22-21-17-9-5-4-8-16(17)14-6-2-1-3-7-14/h10-11,13-14,16H,1-9,12H2,(H,22,24). The van der Waals surface area contributed by atoms with Crippen LogP contribution in [0.4, 0.5) is 0 Å². The van der Waals surface area contributed by atoms with Crippen molar-refractivity contribution in [1.29, 1.82) is 0 Å².